The van der Waals surface area contributed by atoms with Gasteiger partial charge >= 0.3 is 0 Å². The molecule has 0 unspecified atom stereocenters. The van der Waals surface area contributed by atoms with Crippen LogP contribution in [0.4, 0.5) is 5.69 Å². The smallest absolute Gasteiger partial charge is 0.264 e. The number of sulfonamides is 1. The van der Waals surface area contributed by atoms with Gasteiger partial charge < -0.3 is 24.4 Å². The van der Waals surface area contributed by atoms with Crippen LogP contribution in [0.1, 0.15) is 32.3 Å². The fraction of sp³-hybridized carbons (Fsp3) is 0.355. The molecule has 42 heavy (non-hydrogen) atoms. The van der Waals surface area contributed by atoms with Crippen LogP contribution in [0.25, 0.3) is 0 Å². The number of amides is 2. The molecule has 0 radical (unpaired) electrons. The summed E-state index contributed by atoms with van der Waals surface area (Å²) in [4.78, 5) is 28.6. The van der Waals surface area contributed by atoms with Crippen molar-refractivity contribution >= 4 is 27.5 Å². The molecule has 11 heteroatoms. The largest absolute Gasteiger partial charge is 0.497 e. The van der Waals surface area contributed by atoms with Crippen LogP contribution < -0.4 is 23.8 Å². The molecule has 0 bridgehead atoms. The van der Waals surface area contributed by atoms with E-state index in [1.54, 1.807) is 68.6 Å². The molecule has 2 amide bonds. The Kier molecular flexibility index (Phi) is 10.3. The Hall–Kier alpha value is -4.25. The van der Waals surface area contributed by atoms with Gasteiger partial charge in [-0.25, -0.2) is 8.42 Å². The molecular formula is C31H37N3O7S. The number of methoxy groups -OCH3 is 1. The van der Waals surface area contributed by atoms with Crippen LogP contribution >= 0.6 is 0 Å². The lowest BCUT2D eigenvalue weighted by molar-refractivity contribution is -0.139. The van der Waals surface area contributed by atoms with Gasteiger partial charge in [-0.1, -0.05) is 43.7 Å². The molecule has 0 saturated carbocycles. The van der Waals surface area contributed by atoms with E-state index in [2.05, 4.69) is 5.32 Å². The molecule has 0 spiro atoms. The highest BCUT2D eigenvalue weighted by Crippen LogP contribution is 2.36. The average molecular weight is 596 g/mol. The maximum atomic E-state index is 14.1. The van der Waals surface area contributed by atoms with Gasteiger partial charge in [0.1, 0.15) is 31.5 Å². The van der Waals surface area contributed by atoms with Crippen LogP contribution in [0.5, 0.6) is 17.2 Å². The van der Waals surface area contributed by atoms with Gasteiger partial charge in [-0.15, -0.1) is 0 Å². The minimum Gasteiger partial charge on any atom is -0.497 e. The summed E-state index contributed by atoms with van der Waals surface area (Å²) in [6.45, 7) is 4.36. The van der Waals surface area contributed by atoms with E-state index in [1.807, 2.05) is 13.0 Å². The summed E-state index contributed by atoms with van der Waals surface area (Å²) in [5.74, 6) is 0.605. The van der Waals surface area contributed by atoms with Gasteiger partial charge in [-0.2, -0.15) is 0 Å². The van der Waals surface area contributed by atoms with Gasteiger partial charge in [0.25, 0.3) is 10.0 Å². The van der Waals surface area contributed by atoms with Crippen molar-refractivity contribution < 1.29 is 32.2 Å². The standard InChI is InChI=1S/C31H37N3O7S/c1-4-5-16-32-31(36)23(2)33(21-24-10-9-11-26(19-24)39-3)30(35)22-34(42(37,38)27-12-7-6-8-13-27)25-14-15-28-29(20-25)41-18-17-40-28/h6-15,19-20,23H,4-5,16-18,21-22H2,1-3H3,(H,32,36)/t23-/m1/s1. The molecular weight excluding hydrogens is 558 g/mol. The molecule has 3 aromatic carbocycles. The second kappa shape index (κ2) is 14.1. The molecule has 1 aliphatic rings. The number of anilines is 1. The molecule has 0 aliphatic carbocycles. The summed E-state index contributed by atoms with van der Waals surface area (Å²) in [6.07, 6.45) is 1.71. The van der Waals surface area contributed by atoms with Crippen LogP contribution in [0, 0.1) is 0 Å². The number of fused-ring (bicyclic) bond motifs is 1. The fourth-order valence-electron chi connectivity index (χ4n) is 4.52. The van der Waals surface area contributed by atoms with Crippen LogP contribution in [0.3, 0.4) is 0 Å². The fourth-order valence-corrected chi connectivity index (χ4v) is 5.95. The summed E-state index contributed by atoms with van der Waals surface area (Å²) in [5.41, 5.74) is 0.963. The summed E-state index contributed by atoms with van der Waals surface area (Å²) < 4.78 is 45.6. The Morgan fingerprint density at radius 3 is 2.43 bits per heavy atom. The molecule has 1 aliphatic heterocycles. The summed E-state index contributed by atoms with van der Waals surface area (Å²) in [5, 5.41) is 2.88. The number of carbonyl (C=O) groups is 2. The van der Waals surface area contributed by atoms with Gasteiger partial charge in [0, 0.05) is 19.2 Å². The lowest BCUT2D eigenvalue weighted by Gasteiger charge is -2.32. The predicted octanol–water partition coefficient (Wildman–Crippen LogP) is 4.00. The third kappa shape index (κ3) is 7.33. The highest BCUT2D eigenvalue weighted by Gasteiger charge is 2.33. The van der Waals surface area contributed by atoms with Crippen molar-refractivity contribution in [2.24, 2.45) is 0 Å². The van der Waals surface area contributed by atoms with Crippen molar-refractivity contribution in [1.29, 1.82) is 0 Å². The minimum atomic E-state index is -4.19. The number of ether oxygens (including phenoxy) is 3. The molecule has 10 nitrogen and oxygen atoms in total. The normalized spacial score (nSPS) is 13.1. The second-order valence-electron chi connectivity index (χ2n) is 9.85. The first-order chi connectivity index (χ1) is 20.2. The van der Waals surface area contributed by atoms with E-state index in [0.717, 1.165) is 22.7 Å². The molecule has 1 N–H and O–H groups in total. The number of benzene rings is 3. The van der Waals surface area contributed by atoms with Gasteiger partial charge in [0.15, 0.2) is 11.5 Å². The van der Waals surface area contributed by atoms with Crippen LogP contribution in [-0.4, -0.2) is 64.6 Å². The van der Waals surface area contributed by atoms with Crippen molar-refractivity contribution in [3.05, 3.63) is 78.4 Å². The van der Waals surface area contributed by atoms with Crippen molar-refractivity contribution in [2.75, 3.05) is 37.7 Å². The monoisotopic (exact) mass is 595 g/mol. The van der Waals surface area contributed by atoms with E-state index in [9.17, 15) is 18.0 Å². The Balaban J connectivity index is 1.71. The topological polar surface area (TPSA) is 114 Å². The zero-order valence-corrected chi connectivity index (χ0v) is 24.9. The molecule has 1 atom stereocenters. The van der Waals surface area contributed by atoms with Gasteiger partial charge in [-0.05, 0) is 55.3 Å². The van der Waals surface area contributed by atoms with Crippen LogP contribution in [-0.2, 0) is 26.2 Å². The first-order valence-corrected chi connectivity index (χ1v) is 15.4. The van der Waals surface area contributed by atoms with Crippen molar-refractivity contribution in [2.45, 2.75) is 44.2 Å². The van der Waals surface area contributed by atoms with E-state index in [0.29, 0.717) is 37.0 Å². The Morgan fingerprint density at radius 2 is 1.71 bits per heavy atom. The van der Waals surface area contributed by atoms with Crippen molar-refractivity contribution in [3.8, 4) is 17.2 Å². The van der Waals surface area contributed by atoms with Gasteiger partial charge in [0.05, 0.1) is 17.7 Å². The first-order valence-electron chi connectivity index (χ1n) is 13.9. The second-order valence-corrected chi connectivity index (χ2v) is 11.7. The molecule has 4 rings (SSSR count). The lowest BCUT2D eigenvalue weighted by atomic mass is 10.1. The molecule has 0 fully saturated rings. The number of nitrogens with zero attached hydrogens (tertiary/aromatic N) is 2. The molecule has 1 heterocycles. The SMILES string of the molecule is CCCCNC(=O)[C@@H](C)N(Cc1cccc(OC)c1)C(=O)CN(c1ccc2c(c1)OCCO2)S(=O)(=O)c1ccccc1. The third-order valence-corrected chi connectivity index (χ3v) is 8.70. The van der Waals surface area contributed by atoms with Gasteiger partial charge in [-0.3, -0.25) is 13.9 Å². The molecule has 224 valence electrons. The van der Waals surface area contributed by atoms with E-state index >= 15 is 0 Å². The maximum absolute atomic E-state index is 14.1. The predicted molar refractivity (Wildman–Crippen MR) is 159 cm³/mol. The van der Waals surface area contributed by atoms with Crippen molar-refractivity contribution in [3.63, 3.8) is 0 Å². The quantitative estimate of drug-likeness (QED) is 0.297. The molecule has 3 aromatic rings. The summed E-state index contributed by atoms with van der Waals surface area (Å²) in [6, 6.07) is 19.0. The van der Waals surface area contributed by atoms with E-state index in [4.69, 9.17) is 14.2 Å². The molecule has 0 saturated heterocycles. The van der Waals surface area contributed by atoms with E-state index in [1.165, 1.54) is 17.0 Å². The number of hydrogen-bond acceptors (Lipinski definition) is 7. The highest BCUT2D eigenvalue weighted by atomic mass is 32.2. The third-order valence-electron chi connectivity index (χ3n) is 6.91. The minimum absolute atomic E-state index is 0.0254. The number of rotatable bonds is 13. The first kappa shape index (κ1) is 30.7. The Morgan fingerprint density at radius 1 is 0.976 bits per heavy atom. The van der Waals surface area contributed by atoms with Crippen molar-refractivity contribution in [1.82, 2.24) is 10.2 Å². The lowest BCUT2D eigenvalue weighted by Crippen LogP contribution is -2.51. The zero-order chi connectivity index (χ0) is 30.1. The number of nitrogens with one attached hydrogen (secondary N) is 1. The highest BCUT2D eigenvalue weighted by molar-refractivity contribution is 7.92. The van der Waals surface area contributed by atoms with E-state index in [-0.39, 0.29) is 23.0 Å². The number of unbranched alkanes of at least 4 members (excludes halogenated alkanes) is 1. The number of carbonyl (C=O) groups excluding carboxylic acids is 2. The summed E-state index contributed by atoms with van der Waals surface area (Å²) in [7, 11) is -2.64. The number of hydrogen-bond donors (Lipinski definition) is 1. The maximum Gasteiger partial charge on any atom is 0.264 e. The van der Waals surface area contributed by atoms with Gasteiger partial charge in [0.2, 0.25) is 11.8 Å². The zero-order valence-electron chi connectivity index (χ0n) is 24.1. The summed E-state index contributed by atoms with van der Waals surface area (Å²) >= 11 is 0. The molecule has 0 aromatic heterocycles. The van der Waals surface area contributed by atoms with Crippen LogP contribution in [0.15, 0.2) is 77.7 Å². The Bertz CT molecular complexity index is 1480. The van der Waals surface area contributed by atoms with E-state index < -0.39 is 28.5 Å². The average Bonchev–Trinajstić information content (AvgIpc) is 3.02. The Labute approximate surface area is 247 Å². The van der Waals surface area contributed by atoms with Crippen LogP contribution in [0.2, 0.25) is 0 Å².